The summed E-state index contributed by atoms with van der Waals surface area (Å²) in [4.78, 5) is 29.6. The van der Waals surface area contributed by atoms with Crippen molar-refractivity contribution in [2.24, 2.45) is 5.41 Å². The van der Waals surface area contributed by atoms with Crippen molar-refractivity contribution in [3.05, 3.63) is 77.0 Å². The summed E-state index contributed by atoms with van der Waals surface area (Å²) >= 11 is 0. The minimum Gasteiger partial charge on any atom is -0.352 e. The van der Waals surface area contributed by atoms with Crippen molar-refractivity contribution in [2.75, 3.05) is 11.4 Å². The molecule has 0 radical (unpaired) electrons. The van der Waals surface area contributed by atoms with Crippen LogP contribution < -0.4 is 4.90 Å². The van der Waals surface area contributed by atoms with Gasteiger partial charge in [-0.1, -0.05) is 42.5 Å². The Labute approximate surface area is 169 Å². The van der Waals surface area contributed by atoms with Crippen molar-refractivity contribution in [2.45, 2.75) is 32.2 Å². The third-order valence-corrected chi connectivity index (χ3v) is 6.93. The van der Waals surface area contributed by atoms with Gasteiger partial charge in [-0.05, 0) is 31.9 Å². The van der Waals surface area contributed by atoms with Gasteiger partial charge in [-0.15, -0.1) is 0 Å². The molecule has 1 unspecified atom stereocenters. The Bertz CT molecular complexity index is 1140. The topological polar surface area (TPSA) is 55.2 Å². The van der Waals surface area contributed by atoms with Crippen molar-refractivity contribution in [1.82, 2.24) is 9.78 Å². The summed E-state index contributed by atoms with van der Waals surface area (Å²) in [5, 5.41) is 4.83. The molecule has 0 amide bonds. The first-order valence-corrected chi connectivity index (χ1v) is 10.2. The lowest BCUT2D eigenvalue weighted by Gasteiger charge is -2.43. The van der Waals surface area contributed by atoms with E-state index < -0.39 is 5.41 Å². The number of carbonyl (C=O) groups excluding carboxylic acids is 2. The molecule has 0 bridgehead atoms. The van der Waals surface area contributed by atoms with Gasteiger partial charge in [0.15, 0.2) is 11.6 Å². The number of benzene rings is 2. The summed E-state index contributed by atoms with van der Waals surface area (Å²) in [6.45, 7) is 2.83. The Morgan fingerprint density at radius 2 is 1.62 bits per heavy atom. The third kappa shape index (κ3) is 1.97. The van der Waals surface area contributed by atoms with E-state index in [1.54, 1.807) is 12.1 Å². The van der Waals surface area contributed by atoms with Crippen molar-refractivity contribution in [1.29, 1.82) is 0 Å². The second kappa shape index (κ2) is 5.66. The third-order valence-electron chi connectivity index (χ3n) is 6.93. The average Bonchev–Trinajstić information content (AvgIpc) is 3.42. The van der Waals surface area contributed by atoms with Gasteiger partial charge in [-0.2, -0.15) is 5.10 Å². The van der Waals surface area contributed by atoms with E-state index in [2.05, 4.69) is 4.90 Å². The van der Waals surface area contributed by atoms with E-state index in [0.29, 0.717) is 17.5 Å². The predicted molar refractivity (Wildman–Crippen MR) is 110 cm³/mol. The number of fused-ring (bicyclic) bond motifs is 5. The minimum atomic E-state index is -1.01. The maximum absolute atomic E-state index is 13.6. The molecule has 0 saturated carbocycles. The van der Waals surface area contributed by atoms with E-state index in [1.807, 2.05) is 54.1 Å². The van der Waals surface area contributed by atoms with Crippen LogP contribution in [0.25, 0.3) is 5.69 Å². The molecule has 2 aliphatic heterocycles. The zero-order valence-electron chi connectivity index (χ0n) is 16.3. The van der Waals surface area contributed by atoms with Gasteiger partial charge in [0.25, 0.3) is 0 Å². The van der Waals surface area contributed by atoms with Crippen molar-refractivity contribution in [3.8, 4) is 5.69 Å². The van der Waals surface area contributed by atoms with Gasteiger partial charge in [0.2, 0.25) is 0 Å². The number of para-hydroxylation sites is 1. The molecule has 3 heterocycles. The number of ketones is 2. The highest BCUT2D eigenvalue weighted by Gasteiger charge is 2.62. The molecule has 1 spiro atoms. The summed E-state index contributed by atoms with van der Waals surface area (Å²) in [6.07, 6.45) is 2.26. The van der Waals surface area contributed by atoms with Gasteiger partial charge in [-0.25, -0.2) is 4.68 Å². The molecular weight excluding hydrogens is 362 g/mol. The second-order valence-corrected chi connectivity index (χ2v) is 8.34. The molecule has 0 N–H and O–H groups in total. The highest BCUT2D eigenvalue weighted by atomic mass is 16.2. The highest BCUT2D eigenvalue weighted by Crippen LogP contribution is 2.53. The summed E-state index contributed by atoms with van der Waals surface area (Å²) in [5.41, 5.74) is 3.09. The van der Waals surface area contributed by atoms with Crippen LogP contribution in [0, 0.1) is 12.3 Å². The Balaban J connectivity index is 1.58. The standard InChI is InChI=1S/C24H21N3O2/c1-15-19-14-24(21(28)17-10-5-6-11-18(17)22(24)29)20-12-7-13-26(20)23(19)27(25-15)16-8-3-2-4-9-16/h2-6,8-11,20H,7,12-14H2,1H3. The van der Waals surface area contributed by atoms with Crippen LogP contribution in [0.3, 0.4) is 0 Å². The van der Waals surface area contributed by atoms with Crippen molar-refractivity contribution < 1.29 is 9.59 Å². The van der Waals surface area contributed by atoms with E-state index in [1.165, 1.54) is 0 Å². The van der Waals surface area contributed by atoms with Crippen LogP contribution in [0.15, 0.2) is 54.6 Å². The minimum absolute atomic E-state index is 0.00693. The number of nitrogens with zero attached hydrogens (tertiary/aromatic N) is 3. The molecule has 1 saturated heterocycles. The summed E-state index contributed by atoms with van der Waals surface area (Å²) in [7, 11) is 0. The number of aryl methyl sites for hydroxylation is 1. The maximum atomic E-state index is 13.6. The molecule has 5 nitrogen and oxygen atoms in total. The van der Waals surface area contributed by atoms with Gasteiger partial charge in [-0.3, -0.25) is 9.59 Å². The molecule has 144 valence electrons. The van der Waals surface area contributed by atoms with E-state index in [4.69, 9.17) is 5.10 Å². The molecule has 6 rings (SSSR count). The maximum Gasteiger partial charge on any atom is 0.179 e. The number of anilines is 1. The lowest BCUT2D eigenvalue weighted by atomic mass is 9.68. The van der Waals surface area contributed by atoms with E-state index in [-0.39, 0.29) is 17.6 Å². The number of carbonyl (C=O) groups is 2. The van der Waals surface area contributed by atoms with Crippen molar-refractivity contribution >= 4 is 17.4 Å². The summed E-state index contributed by atoms with van der Waals surface area (Å²) < 4.78 is 1.99. The zero-order valence-corrected chi connectivity index (χ0v) is 16.3. The summed E-state index contributed by atoms with van der Waals surface area (Å²) in [5.74, 6) is 1.04. The first-order chi connectivity index (χ1) is 14.1. The Morgan fingerprint density at radius 1 is 0.966 bits per heavy atom. The lowest BCUT2D eigenvalue weighted by Crippen LogP contribution is -2.56. The molecule has 1 aromatic heterocycles. The fourth-order valence-corrected chi connectivity index (χ4v) is 5.65. The fraction of sp³-hybridized carbons (Fsp3) is 0.292. The van der Waals surface area contributed by atoms with Crippen LogP contribution in [0.2, 0.25) is 0 Å². The van der Waals surface area contributed by atoms with Crippen molar-refractivity contribution in [3.63, 3.8) is 0 Å². The number of aromatic nitrogens is 2. The van der Waals surface area contributed by atoms with Crippen LogP contribution in [-0.4, -0.2) is 33.9 Å². The normalized spacial score (nSPS) is 21.4. The van der Waals surface area contributed by atoms with Crippen LogP contribution in [0.4, 0.5) is 5.82 Å². The molecular formula is C24H21N3O2. The number of hydrogen-bond acceptors (Lipinski definition) is 4. The Hall–Kier alpha value is -3.21. The molecule has 2 aromatic carbocycles. The Kier molecular flexibility index (Phi) is 3.26. The van der Waals surface area contributed by atoms with Gasteiger partial charge in [0.05, 0.1) is 17.4 Å². The smallest absolute Gasteiger partial charge is 0.179 e. The van der Waals surface area contributed by atoms with Crippen LogP contribution in [-0.2, 0) is 6.42 Å². The SMILES string of the molecule is Cc1nn(-c2ccccc2)c2c1CC1(C(=O)c3ccccc3C1=O)C1CCCN21. The van der Waals surface area contributed by atoms with E-state index in [0.717, 1.165) is 42.1 Å². The van der Waals surface area contributed by atoms with Gasteiger partial charge >= 0.3 is 0 Å². The molecule has 1 aliphatic carbocycles. The first kappa shape index (κ1) is 16.7. The second-order valence-electron chi connectivity index (χ2n) is 8.34. The molecule has 3 aromatic rings. The summed E-state index contributed by atoms with van der Waals surface area (Å²) in [6, 6.07) is 17.3. The predicted octanol–water partition coefficient (Wildman–Crippen LogP) is 3.77. The van der Waals surface area contributed by atoms with E-state index in [9.17, 15) is 9.59 Å². The first-order valence-electron chi connectivity index (χ1n) is 10.2. The average molecular weight is 383 g/mol. The molecule has 29 heavy (non-hydrogen) atoms. The fourth-order valence-electron chi connectivity index (χ4n) is 5.65. The molecule has 3 aliphatic rings. The Morgan fingerprint density at radius 3 is 2.31 bits per heavy atom. The molecule has 1 atom stereocenters. The van der Waals surface area contributed by atoms with Gasteiger partial charge in [0, 0.05) is 29.7 Å². The van der Waals surface area contributed by atoms with Gasteiger partial charge < -0.3 is 4.90 Å². The molecule has 5 heteroatoms. The highest BCUT2D eigenvalue weighted by molar-refractivity contribution is 6.30. The molecule has 1 fully saturated rings. The largest absolute Gasteiger partial charge is 0.352 e. The zero-order chi connectivity index (χ0) is 19.8. The van der Waals surface area contributed by atoms with E-state index >= 15 is 0 Å². The van der Waals surface area contributed by atoms with Crippen LogP contribution in [0.5, 0.6) is 0 Å². The van der Waals surface area contributed by atoms with Gasteiger partial charge in [0.1, 0.15) is 11.2 Å². The number of rotatable bonds is 1. The lowest BCUT2D eigenvalue weighted by molar-refractivity contribution is 0.0643. The van der Waals surface area contributed by atoms with Crippen LogP contribution >= 0.6 is 0 Å². The quantitative estimate of drug-likeness (QED) is 0.600. The number of hydrogen-bond donors (Lipinski definition) is 0. The number of Topliss-reactive ketones (excluding diaryl/α,β-unsaturated/α-hetero) is 2. The van der Waals surface area contributed by atoms with Crippen LogP contribution in [0.1, 0.15) is 44.8 Å². The monoisotopic (exact) mass is 383 g/mol.